The van der Waals surface area contributed by atoms with Gasteiger partial charge < -0.3 is 18.9 Å². The van der Waals surface area contributed by atoms with Gasteiger partial charge in [0.05, 0.1) is 14.2 Å². The number of ether oxygens (including phenoxy) is 4. The predicted molar refractivity (Wildman–Crippen MR) is 96.8 cm³/mol. The largest absolute Gasteiger partial charge is 0.466 e. The number of nitrogens with zero attached hydrogens (tertiary/aromatic N) is 2. The predicted octanol–water partition coefficient (Wildman–Crippen LogP) is 1.75. The van der Waals surface area contributed by atoms with E-state index in [0.717, 1.165) is 25.7 Å². The fraction of sp³-hybridized carbons (Fsp3) is 0.833. The Kier molecular flexibility index (Phi) is 10.7. The third-order valence-electron chi connectivity index (χ3n) is 4.21. The molecule has 0 aromatic carbocycles. The highest BCUT2D eigenvalue weighted by molar-refractivity contribution is 5.86. The maximum Gasteiger partial charge on any atom is 0.356 e. The number of urea groups is 1. The molecule has 0 aliphatic carbocycles. The van der Waals surface area contributed by atoms with Gasteiger partial charge in [0.25, 0.3) is 0 Å². The first-order valence-corrected chi connectivity index (χ1v) is 9.47. The normalized spacial score (nSPS) is 16.8. The summed E-state index contributed by atoms with van der Waals surface area (Å²) in [6.45, 7) is 5.30. The molecule has 0 aromatic heterocycles. The number of unbranched alkanes of at least 4 members (excludes halogenated alkanes) is 2. The number of esters is 2. The van der Waals surface area contributed by atoms with Crippen LogP contribution in [0, 0.1) is 0 Å². The standard InChI is InChI=1S/C18H32N2O7/c1-5-7-12-26-14(16(21)24-3)19-10-9-11-20(18(19)23)15(17(22)25-4)27-13-8-6-2/h14-15H,5-13H2,1-4H3. The Hall–Kier alpha value is -1.87. The van der Waals surface area contributed by atoms with Crippen LogP contribution in [0.5, 0.6) is 0 Å². The van der Waals surface area contributed by atoms with Crippen LogP contribution in [0.2, 0.25) is 0 Å². The summed E-state index contributed by atoms with van der Waals surface area (Å²) in [4.78, 5) is 39.8. The second-order valence-electron chi connectivity index (χ2n) is 6.22. The molecule has 0 saturated carbocycles. The second kappa shape index (κ2) is 12.5. The quantitative estimate of drug-likeness (QED) is 0.371. The Balaban J connectivity index is 2.94. The van der Waals surface area contributed by atoms with Crippen LogP contribution in [0.3, 0.4) is 0 Å². The Bertz CT molecular complexity index is 446. The number of amides is 2. The molecule has 1 heterocycles. The molecule has 1 aliphatic rings. The van der Waals surface area contributed by atoms with Crippen molar-refractivity contribution in [3.05, 3.63) is 0 Å². The highest BCUT2D eigenvalue weighted by Gasteiger charge is 2.41. The molecule has 0 aromatic rings. The second-order valence-corrected chi connectivity index (χ2v) is 6.22. The molecule has 1 aliphatic heterocycles. The molecule has 1 fully saturated rings. The summed E-state index contributed by atoms with van der Waals surface area (Å²) in [6.07, 6.45) is 1.55. The first kappa shape index (κ1) is 23.2. The zero-order valence-corrected chi connectivity index (χ0v) is 16.8. The molecule has 0 N–H and O–H groups in total. The van der Waals surface area contributed by atoms with E-state index >= 15 is 0 Å². The summed E-state index contributed by atoms with van der Waals surface area (Å²) in [5, 5.41) is 0. The van der Waals surface area contributed by atoms with Crippen molar-refractivity contribution in [2.75, 3.05) is 40.5 Å². The zero-order valence-electron chi connectivity index (χ0n) is 16.8. The van der Waals surface area contributed by atoms with E-state index in [-0.39, 0.29) is 0 Å². The third-order valence-corrected chi connectivity index (χ3v) is 4.21. The van der Waals surface area contributed by atoms with Crippen molar-refractivity contribution in [2.45, 2.75) is 58.4 Å². The first-order chi connectivity index (χ1) is 13.0. The van der Waals surface area contributed by atoms with Crippen LogP contribution in [0.25, 0.3) is 0 Å². The zero-order chi connectivity index (χ0) is 20.2. The summed E-state index contributed by atoms with van der Waals surface area (Å²) in [7, 11) is 2.49. The Morgan fingerprint density at radius 3 is 1.63 bits per heavy atom. The molecule has 1 saturated heterocycles. The van der Waals surface area contributed by atoms with E-state index in [1.54, 1.807) is 0 Å². The van der Waals surface area contributed by atoms with Gasteiger partial charge in [-0.1, -0.05) is 26.7 Å². The first-order valence-electron chi connectivity index (χ1n) is 9.47. The molecule has 156 valence electrons. The summed E-state index contributed by atoms with van der Waals surface area (Å²) in [6, 6.07) is -0.514. The van der Waals surface area contributed by atoms with Crippen molar-refractivity contribution in [3.8, 4) is 0 Å². The van der Waals surface area contributed by atoms with Gasteiger partial charge in [-0.15, -0.1) is 0 Å². The average Bonchev–Trinajstić information content (AvgIpc) is 2.68. The number of hydrogen-bond donors (Lipinski definition) is 0. The van der Waals surface area contributed by atoms with Crippen molar-refractivity contribution in [3.63, 3.8) is 0 Å². The topological polar surface area (TPSA) is 94.6 Å². The molecule has 9 heteroatoms. The average molecular weight is 388 g/mol. The Labute approximate surface area is 160 Å². The number of carbonyl (C=O) groups is 3. The molecule has 0 radical (unpaired) electrons. The van der Waals surface area contributed by atoms with Crippen molar-refractivity contribution in [1.29, 1.82) is 0 Å². The number of hydrogen-bond acceptors (Lipinski definition) is 7. The van der Waals surface area contributed by atoms with Crippen LogP contribution in [0.1, 0.15) is 46.0 Å². The van der Waals surface area contributed by atoms with E-state index in [0.29, 0.717) is 32.7 Å². The Morgan fingerprint density at radius 2 is 1.30 bits per heavy atom. The van der Waals surface area contributed by atoms with Gasteiger partial charge in [-0.3, -0.25) is 9.80 Å². The van der Waals surface area contributed by atoms with Gasteiger partial charge in [-0.2, -0.15) is 0 Å². The number of carbonyl (C=O) groups excluding carboxylic acids is 3. The SMILES string of the molecule is CCCCOC(C(=O)OC)N1CCCN(C(OCCCC)C(=O)OC)C1=O. The fourth-order valence-electron chi connectivity index (χ4n) is 2.65. The van der Waals surface area contributed by atoms with Gasteiger partial charge in [0.2, 0.25) is 12.5 Å². The molecule has 0 bridgehead atoms. The molecule has 9 nitrogen and oxygen atoms in total. The van der Waals surface area contributed by atoms with Crippen molar-refractivity contribution < 1.29 is 33.3 Å². The van der Waals surface area contributed by atoms with E-state index < -0.39 is 30.4 Å². The van der Waals surface area contributed by atoms with E-state index in [1.165, 1.54) is 24.0 Å². The van der Waals surface area contributed by atoms with Gasteiger partial charge in [0, 0.05) is 26.3 Å². The van der Waals surface area contributed by atoms with Crippen LogP contribution >= 0.6 is 0 Å². The molecule has 0 spiro atoms. The highest BCUT2D eigenvalue weighted by Crippen LogP contribution is 2.19. The minimum atomic E-state index is -1.15. The van der Waals surface area contributed by atoms with Gasteiger partial charge in [0.1, 0.15) is 0 Å². The summed E-state index contributed by atoms with van der Waals surface area (Å²) in [5.41, 5.74) is 0. The fourth-order valence-corrected chi connectivity index (χ4v) is 2.65. The van der Waals surface area contributed by atoms with E-state index in [2.05, 4.69) is 0 Å². The van der Waals surface area contributed by atoms with Crippen LogP contribution in [0.15, 0.2) is 0 Å². The van der Waals surface area contributed by atoms with Gasteiger partial charge in [-0.25, -0.2) is 14.4 Å². The van der Waals surface area contributed by atoms with Gasteiger partial charge in [0.15, 0.2) is 0 Å². The third kappa shape index (κ3) is 6.66. The van der Waals surface area contributed by atoms with Crippen molar-refractivity contribution in [1.82, 2.24) is 9.80 Å². The maximum absolute atomic E-state index is 13.0. The molecule has 2 atom stereocenters. The van der Waals surface area contributed by atoms with Crippen LogP contribution in [0.4, 0.5) is 4.79 Å². The molecular formula is C18H32N2O7. The maximum atomic E-state index is 13.0. The molecular weight excluding hydrogens is 356 g/mol. The lowest BCUT2D eigenvalue weighted by molar-refractivity contribution is -0.173. The van der Waals surface area contributed by atoms with Crippen LogP contribution < -0.4 is 0 Å². The lowest BCUT2D eigenvalue weighted by atomic mass is 10.2. The lowest BCUT2D eigenvalue weighted by Gasteiger charge is -2.40. The Morgan fingerprint density at radius 1 is 0.889 bits per heavy atom. The highest BCUT2D eigenvalue weighted by atomic mass is 16.6. The summed E-state index contributed by atoms with van der Waals surface area (Å²) in [5.74, 6) is -1.30. The minimum absolute atomic E-state index is 0.323. The van der Waals surface area contributed by atoms with E-state index in [4.69, 9.17) is 18.9 Å². The van der Waals surface area contributed by atoms with Crippen molar-refractivity contribution in [2.24, 2.45) is 0 Å². The number of rotatable bonds is 12. The van der Waals surface area contributed by atoms with E-state index in [9.17, 15) is 14.4 Å². The van der Waals surface area contributed by atoms with Crippen LogP contribution in [-0.4, -0.2) is 80.7 Å². The van der Waals surface area contributed by atoms with Gasteiger partial charge in [-0.05, 0) is 19.3 Å². The minimum Gasteiger partial charge on any atom is -0.466 e. The molecule has 27 heavy (non-hydrogen) atoms. The number of methoxy groups -OCH3 is 2. The molecule has 2 unspecified atom stereocenters. The van der Waals surface area contributed by atoms with Crippen molar-refractivity contribution >= 4 is 18.0 Å². The monoisotopic (exact) mass is 388 g/mol. The van der Waals surface area contributed by atoms with Crippen LogP contribution in [-0.2, 0) is 28.5 Å². The van der Waals surface area contributed by atoms with Gasteiger partial charge >= 0.3 is 18.0 Å². The summed E-state index contributed by atoms with van der Waals surface area (Å²) >= 11 is 0. The smallest absolute Gasteiger partial charge is 0.356 e. The summed E-state index contributed by atoms with van der Waals surface area (Å²) < 4.78 is 20.8. The molecule has 2 amide bonds. The van der Waals surface area contributed by atoms with E-state index in [1.807, 2.05) is 13.8 Å². The molecule has 1 rings (SSSR count). The lowest BCUT2D eigenvalue weighted by Crippen LogP contribution is -2.60.